The summed E-state index contributed by atoms with van der Waals surface area (Å²) < 4.78 is 32.3. The van der Waals surface area contributed by atoms with Gasteiger partial charge in [-0.25, -0.2) is 0 Å². The van der Waals surface area contributed by atoms with Crippen LogP contribution in [-0.4, -0.2) is 53.1 Å². The molecule has 0 aliphatic rings. The number of carbonyl (C=O) groups is 1. The van der Waals surface area contributed by atoms with Crippen molar-refractivity contribution in [1.82, 2.24) is 5.32 Å². The molecule has 4 N–H and O–H groups in total. The lowest BCUT2D eigenvalue weighted by Crippen LogP contribution is -2.50. The fraction of sp³-hybridized carbons (Fsp3) is 0.969. The molecule has 3 unspecified atom stereocenters. The quantitative estimate of drug-likeness (QED) is 0.0498. The van der Waals surface area contributed by atoms with Crippen molar-refractivity contribution in [2.75, 3.05) is 5.75 Å². The molecule has 0 spiro atoms. The first-order valence-corrected chi connectivity index (χ1v) is 18.4. The third kappa shape index (κ3) is 26.2. The van der Waals surface area contributed by atoms with E-state index in [1.807, 2.05) is 0 Å². The van der Waals surface area contributed by atoms with Gasteiger partial charge >= 0.3 is 0 Å². The van der Waals surface area contributed by atoms with E-state index in [4.69, 9.17) is 0 Å². The van der Waals surface area contributed by atoms with E-state index in [1.165, 1.54) is 96.3 Å². The molecular formula is C32H65NO6S. The topological polar surface area (TPSA) is 124 Å². The summed E-state index contributed by atoms with van der Waals surface area (Å²) in [6.07, 6.45) is 25.6. The van der Waals surface area contributed by atoms with Gasteiger partial charge in [0.25, 0.3) is 10.1 Å². The van der Waals surface area contributed by atoms with Crippen molar-refractivity contribution in [3.63, 3.8) is 0 Å². The number of rotatable bonds is 30. The Balaban J connectivity index is 4.06. The number of nitrogens with one attached hydrogen (secondary N) is 1. The van der Waals surface area contributed by atoms with Crippen LogP contribution in [0.25, 0.3) is 0 Å². The van der Waals surface area contributed by atoms with Crippen molar-refractivity contribution in [2.24, 2.45) is 0 Å². The van der Waals surface area contributed by atoms with Crippen LogP contribution >= 0.6 is 0 Å². The molecule has 0 heterocycles. The van der Waals surface area contributed by atoms with Crippen molar-refractivity contribution in [2.45, 2.75) is 193 Å². The summed E-state index contributed by atoms with van der Waals surface area (Å²) >= 11 is 0. The van der Waals surface area contributed by atoms with Gasteiger partial charge in [0.2, 0.25) is 5.91 Å². The molecule has 0 saturated heterocycles. The predicted molar refractivity (Wildman–Crippen MR) is 167 cm³/mol. The van der Waals surface area contributed by atoms with Crippen LogP contribution in [0.2, 0.25) is 0 Å². The summed E-state index contributed by atoms with van der Waals surface area (Å²) in [5, 5.41) is 23.3. The van der Waals surface area contributed by atoms with Crippen molar-refractivity contribution in [3.05, 3.63) is 0 Å². The zero-order valence-corrected chi connectivity index (χ0v) is 26.9. The molecule has 0 saturated carbocycles. The van der Waals surface area contributed by atoms with Gasteiger partial charge in [0, 0.05) is 0 Å². The van der Waals surface area contributed by atoms with Crippen molar-refractivity contribution in [3.8, 4) is 0 Å². The number of unbranched alkanes of at least 4 members (excludes halogenated alkanes) is 21. The number of hydrogen-bond donors (Lipinski definition) is 4. The maximum absolute atomic E-state index is 12.4. The van der Waals surface area contributed by atoms with Gasteiger partial charge < -0.3 is 15.5 Å². The van der Waals surface area contributed by atoms with Gasteiger partial charge in [-0.3, -0.25) is 9.35 Å². The third-order valence-electron chi connectivity index (χ3n) is 7.92. The van der Waals surface area contributed by atoms with Crippen LogP contribution in [0, 0.1) is 0 Å². The van der Waals surface area contributed by atoms with Crippen molar-refractivity contribution < 1.29 is 28.0 Å². The van der Waals surface area contributed by atoms with Crippen LogP contribution in [-0.2, 0) is 14.9 Å². The van der Waals surface area contributed by atoms with Gasteiger partial charge in [0.05, 0.1) is 17.9 Å². The Labute approximate surface area is 247 Å². The molecule has 0 aromatic carbocycles. The number of aliphatic hydroxyl groups excluding tert-OH is 2. The van der Waals surface area contributed by atoms with Crippen LogP contribution in [0.4, 0.5) is 0 Å². The molecule has 0 radical (unpaired) electrons. The average molecular weight is 592 g/mol. The summed E-state index contributed by atoms with van der Waals surface area (Å²) in [4.78, 5) is 12.4. The summed E-state index contributed by atoms with van der Waals surface area (Å²) in [6.45, 7) is 4.44. The summed E-state index contributed by atoms with van der Waals surface area (Å²) in [5.74, 6) is -1.45. The van der Waals surface area contributed by atoms with Gasteiger partial charge in [-0.15, -0.1) is 0 Å². The second-order valence-electron chi connectivity index (χ2n) is 11.9. The Morgan fingerprint density at radius 2 is 0.900 bits per heavy atom. The van der Waals surface area contributed by atoms with E-state index in [2.05, 4.69) is 19.2 Å². The fourth-order valence-corrected chi connectivity index (χ4v) is 6.04. The molecule has 0 fully saturated rings. The van der Waals surface area contributed by atoms with Crippen molar-refractivity contribution in [1.29, 1.82) is 0 Å². The minimum absolute atomic E-state index is 0.300. The minimum atomic E-state index is -4.39. The second kappa shape index (κ2) is 27.2. The lowest BCUT2D eigenvalue weighted by atomic mass is 10.0. The Kier molecular flexibility index (Phi) is 26.7. The molecule has 0 aromatic rings. The first kappa shape index (κ1) is 39.3. The Hall–Kier alpha value is -0.700. The third-order valence-corrected chi connectivity index (χ3v) is 8.70. The molecule has 0 bridgehead atoms. The molecule has 8 heteroatoms. The van der Waals surface area contributed by atoms with Gasteiger partial charge in [-0.2, -0.15) is 8.42 Å². The maximum Gasteiger partial charge on any atom is 0.266 e. The van der Waals surface area contributed by atoms with Crippen LogP contribution in [0.5, 0.6) is 0 Å². The average Bonchev–Trinajstić information content (AvgIpc) is 2.90. The number of hydrogen-bond acceptors (Lipinski definition) is 5. The molecule has 0 rings (SSSR count). The summed E-state index contributed by atoms with van der Waals surface area (Å²) in [5.41, 5.74) is 0. The predicted octanol–water partition coefficient (Wildman–Crippen LogP) is 7.87. The highest BCUT2D eigenvalue weighted by Gasteiger charge is 2.28. The van der Waals surface area contributed by atoms with E-state index in [9.17, 15) is 28.0 Å². The summed E-state index contributed by atoms with van der Waals surface area (Å²) in [7, 11) is -4.39. The van der Waals surface area contributed by atoms with Crippen LogP contribution < -0.4 is 5.32 Å². The number of aliphatic hydroxyl groups is 2. The van der Waals surface area contributed by atoms with Crippen molar-refractivity contribution >= 4 is 16.0 Å². The lowest BCUT2D eigenvalue weighted by molar-refractivity contribution is -0.131. The zero-order chi connectivity index (χ0) is 29.9. The molecule has 0 aliphatic heterocycles. The highest BCUT2D eigenvalue weighted by Crippen LogP contribution is 2.16. The maximum atomic E-state index is 12.4. The van der Waals surface area contributed by atoms with Gasteiger partial charge in [0.1, 0.15) is 6.10 Å². The SMILES string of the molecule is CCCCCCCCCCCCCCCCCC(O)C(CS(=O)(=O)O)NC(=O)C(O)CCCCCCCCCC. The van der Waals surface area contributed by atoms with Gasteiger partial charge in [-0.05, 0) is 12.8 Å². The molecule has 40 heavy (non-hydrogen) atoms. The van der Waals surface area contributed by atoms with Crippen LogP contribution in [0.15, 0.2) is 0 Å². The molecule has 3 atom stereocenters. The smallest absolute Gasteiger partial charge is 0.266 e. The normalized spacial score (nSPS) is 14.2. The monoisotopic (exact) mass is 591 g/mol. The van der Waals surface area contributed by atoms with Gasteiger partial charge in [0.15, 0.2) is 0 Å². The molecule has 1 amide bonds. The number of amides is 1. The summed E-state index contributed by atoms with van der Waals surface area (Å²) in [6, 6.07) is -1.14. The van der Waals surface area contributed by atoms with Crippen LogP contribution in [0.3, 0.4) is 0 Å². The molecular weight excluding hydrogens is 526 g/mol. The van der Waals surface area contributed by atoms with E-state index >= 15 is 0 Å². The standard InChI is InChI=1S/C32H65NO6S/c1-3-5-7-9-11-13-14-15-16-17-18-19-21-22-24-26-30(34)29(28-40(37,38)39)33-32(36)31(35)27-25-23-20-12-10-8-6-4-2/h29-31,34-35H,3-28H2,1-2H3,(H,33,36)(H,37,38,39). The highest BCUT2D eigenvalue weighted by molar-refractivity contribution is 7.85. The second-order valence-corrected chi connectivity index (χ2v) is 13.4. The minimum Gasteiger partial charge on any atom is -0.391 e. The number of carbonyl (C=O) groups excluding carboxylic acids is 1. The van der Waals surface area contributed by atoms with E-state index in [0.717, 1.165) is 44.9 Å². The fourth-order valence-electron chi connectivity index (χ4n) is 5.28. The van der Waals surface area contributed by atoms with E-state index in [-0.39, 0.29) is 0 Å². The molecule has 0 aliphatic carbocycles. The van der Waals surface area contributed by atoms with E-state index in [1.54, 1.807) is 0 Å². The Morgan fingerprint density at radius 1 is 0.575 bits per heavy atom. The Morgan fingerprint density at radius 3 is 1.25 bits per heavy atom. The largest absolute Gasteiger partial charge is 0.391 e. The zero-order valence-electron chi connectivity index (χ0n) is 26.1. The highest BCUT2D eigenvalue weighted by atomic mass is 32.2. The van der Waals surface area contributed by atoms with Crippen LogP contribution in [0.1, 0.15) is 174 Å². The first-order chi connectivity index (χ1) is 19.2. The molecule has 7 nitrogen and oxygen atoms in total. The van der Waals surface area contributed by atoms with E-state index in [0.29, 0.717) is 19.3 Å². The van der Waals surface area contributed by atoms with Gasteiger partial charge in [-0.1, -0.05) is 162 Å². The Bertz CT molecular complexity index is 672. The molecule has 240 valence electrons. The van der Waals surface area contributed by atoms with E-state index < -0.39 is 40.0 Å². The first-order valence-electron chi connectivity index (χ1n) is 16.8. The lowest BCUT2D eigenvalue weighted by Gasteiger charge is -2.24. The molecule has 0 aromatic heterocycles.